The Morgan fingerprint density at radius 1 is 0.880 bits per heavy atom. The van der Waals surface area contributed by atoms with Gasteiger partial charge in [0.25, 0.3) is 11.8 Å². The van der Waals surface area contributed by atoms with E-state index in [-0.39, 0.29) is 18.2 Å². The molecule has 9 nitrogen and oxygen atoms in total. The Morgan fingerprint density at radius 3 is 2.40 bits per heavy atom. The van der Waals surface area contributed by atoms with Crippen molar-refractivity contribution in [3.8, 4) is 5.75 Å². The van der Waals surface area contributed by atoms with E-state index in [2.05, 4.69) is 16.0 Å². The second-order valence-corrected chi connectivity index (χ2v) is 13.9. The van der Waals surface area contributed by atoms with E-state index >= 15 is 0 Å². The Balaban J connectivity index is 1.33. The number of thioether (sulfide) groups is 1. The average molecular weight is 712 g/mol. The largest absolute Gasteiger partial charge is 0.493 e. The highest BCUT2D eigenvalue weighted by atomic mass is 32.2. The maximum Gasteiger partial charge on any atom is 0.341 e. The first kappa shape index (κ1) is 36.4. The van der Waals surface area contributed by atoms with Crippen molar-refractivity contribution < 1.29 is 28.7 Å². The number of thiophene rings is 1. The third kappa shape index (κ3) is 9.22. The quantitative estimate of drug-likeness (QED) is 0.0686. The number of anilines is 2. The molecule has 4 aromatic rings. The van der Waals surface area contributed by atoms with Gasteiger partial charge in [-0.25, -0.2) is 4.79 Å². The first-order chi connectivity index (χ1) is 24.3. The van der Waals surface area contributed by atoms with Gasteiger partial charge >= 0.3 is 5.97 Å². The van der Waals surface area contributed by atoms with Crippen molar-refractivity contribution in [1.29, 1.82) is 0 Å². The molecule has 0 bridgehead atoms. The Hall–Kier alpha value is -4.87. The van der Waals surface area contributed by atoms with Gasteiger partial charge < -0.3 is 25.4 Å². The fraction of sp³-hybridized carbons (Fsp3) is 0.282. The number of fused-ring (bicyclic) bond motifs is 1. The molecule has 11 heteroatoms. The van der Waals surface area contributed by atoms with Gasteiger partial charge in [-0.15, -0.1) is 23.1 Å². The lowest BCUT2D eigenvalue weighted by molar-refractivity contribution is -0.116. The molecule has 1 heterocycles. The van der Waals surface area contributed by atoms with E-state index in [1.165, 1.54) is 23.1 Å². The first-order valence-electron chi connectivity index (χ1n) is 16.8. The summed E-state index contributed by atoms with van der Waals surface area (Å²) in [4.78, 5) is 55.3. The van der Waals surface area contributed by atoms with Gasteiger partial charge in [0.05, 0.1) is 24.0 Å². The lowest BCUT2D eigenvalue weighted by Crippen LogP contribution is -2.30. The van der Waals surface area contributed by atoms with E-state index in [4.69, 9.17) is 9.47 Å². The van der Waals surface area contributed by atoms with Crippen LogP contribution in [-0.4, -0.2) is 42.2 Å². The Labute approximate surface area is 300 Å². The molecule has 0 saturated carbocycles. The fourth-order valence-corrected chi connectivity index (χ4v) is 7.88. The number of nitrogens with one attached hydrogen (secondary N) is 3. The van der Waals surface area contributed by atoms with Gasteiger partial charge in [0.15, 0.2) is 0 Å². The van der Waals surface area contributed by atoms with Crippen molar-refractivity contribution in [1.82, 2.24) is 5.32 Å². The summed E-state index contributed by atoms with van der Waals surface area (Å²) in [5, 5.41) is 8.79. The molecule has 3 aromatic carbocycles. The molecule has 1 aliphatic carbocycles. The highest BCUT2D eigenvalue weighted by Crippen LogP contribution is 2.39. The van der Waals surface area contributed by atoms with E-state index in [9.17, 15) is 19.2 Å². The van der Waals surface area contributed by atoms with E-state index < -0.39 is 23.0 Å². The molecule has 0 fully saturated rings. The van der Waals surface area contributed by atoms with Crippen LogP contribution in [0.5, 0.6) is 5.75 Å². The number of hydrogen-bond donors (Lipinski definition) is 3. The van der Waals surface area contributed by atoms with Crippen molar-refractivity contribution in [3.05, 3.63) is 112 Å². The monoisotopic (exact) mass is 711 g/mol. The lowest BCUT2D eigenvalue weighted by atomic mass is 9.95. The number of benzene rings is 3. The molecule has 0 radical (unpaired) electrons. The SMILES string of the molecule is CCOC(=O)c1c(NC(=O)C(CC)Sc2cccc(NC(=O)/C(=C\c3ccccc3OCC)NC(=O)c3ccccc3)c2)sc2c1CCCC2. The highest BCUT2D eigenvalue weighted by Gasteiger charge is 2.29. The third-order valence-corrected chi connectivity index (χ3v) is 10.5. The lowest BCUT2D eigenvalue weighted by Gasteiger charge is -2.16. The summed E-state index contributed by atoms with van der Waals surface area (Å²) in [5.74, 6) is -0.993. The minimum atomic E-state index is -0.527. The topological polar surface area (TPSA) is 123 Å². The molecule has 1 atom stereocenters. The number of hydrogen-bond acceptors (Lipinski definition) is 8. The summed E-state index contributed by atoms with van der Waals surface area (Å²) >= 11 is 2.83. The molecular formula is C39H41N3O6S2. The van der Waals surface area contributed by atoms with Crippen molar-refractivity contribution in [3.63, 3.8) is 0 Å². The number of carbonyl (C=O) groups is 4. The number of carbonyl (C=O) groups excluding carboxylic acids is 4. The predicted molar refractivity (Wildman–Crippen MR) is 200 cm³/mol. The molecule has 0 saturated heterocycles. The van der Waals surface area contributed by atoms with Crippen LogP contribution >= 0.6 is 23.1 Å². The van der Waals surface area contributed by atoms with Crippen LogP contribution < -0.4 is 20.7 Å². The molecular weight excluding hydrogens is 671 g/mol. The minimum Gasteiger partial charge on any atom is -0.493 e. The van der Waals surface area contributed by atoms with Crippen LogP contribution in [0.4, 0.5) is 10.7 Å². The van der Waals surface area contributed by atoms with E-state index in [0.29, 0.717) is 46.2 Å². The van der Waals surface area contributed by atoms with Gasteiger partial charge in [0, 0.05) is 26.6 Å². The minimum absolute atomic E-state index is 0.0333. The highest BCUT2D eigenvalue weighted by molar-refractivity contribution is 8.00. The van der Waals surface area contributed by atoms with Gasteiger partial charge in [-0.05, 0) is 94.0 Å². The summed E-state index contributed by atoms with van der Waals surface area (Å²) in [7, 11) is 0. The normalized spacial score (nSPS) is 13.1. The van der Waals surface area contributed by atoms with Crippen LogP contribution in [-0.2, 0) is 27.2 Å². The third-order valence-electron chi connectivity index (χ3n) is 7.97. The Morgan fingerprint density at radius 2 is 1.64 bits per heavy atom. The van der Waals surface area contributed by atoms with Crippen molar-refractivity contribution in [2.45, 2.75) is 63.0 Å². The van der Waals surface area contributed by atoms with Crippen LogP contribution in [0.2, 0.25) is 0 Å². The standard InChI is InChI=1S/C39H41N3O6S2/c1-4-32(37(45)42-38-34(39(46)48-6-3)29-20-11-13-22-33(29)50-38)49-28-19-14-18-27(24-28)40-36(44)30(41-35(43)25-15-8-7-9-16-25)23-26-17-10-12-21-31(26)47-5-2/h7-10,12,14-19,21,23-24,32H,4-6,11,13,20,22H2,1-3H3,(H,40,44)(H,41,43)(H,42,45)/b30-23+. The van der Waals surface area contributed by atoms with Crippen LogP contribution in [0.1, 0.15) is 76.8 Å². The fourth-order valence-electron chi connectivity index (χ4n) is 5.58. The molecule has 0 aliphatic heterocycles. The first-order valence-corrected chi connectivity index (χ1v) is 18.5. The van der Waals surface area contributed by atoms with E-state index in [1.54, 1.807) is 67.6 Å². The molecule has 260 valence electrons. The maximum absolute atomic E-state index is 13.7. The molecule has 3 amide bonds. The molecule has 3 N–H and O–H groups in total. The van der Waals surface area contributed by atoms with Crippen LogP contribution in [0.15, 0.2) is 89.5 Å². The van der Waals surface area contributed by atoms with Gasteiger partial charge in [0.2, 0.25) is 5.91 Å². The van der Waals surface area contributed by atoms with Gasteiger partial charge in [-0.3, -0.25) is 14.4 Å². The summed E-state index contributed by atoms with van der Waals surface area (Å²) in [6.45, 7) is 6.27. The van der Waals surface area contributed by atoms with Crippen molar-refractivity contribution in [2.75, 3.05) is 23.8 Å². The van der Waals surface area contributed by atoms with Crippen LogP contribution in [0.3, 0.4) is 0 Å². The van der Waals surface area contributed by atoms with Gasteiger partial charge in [-0.1, -0.05) is 49.4 Å². The number of ether oxygens (including phenoxy) is 2. The molecule has 1 aromatic heterocycles. The molecule has 0 spiro atoms. The number of amides is 3. The van der Waals surface area contributed by atoms with Gasteiger partial charge in [-0.2, -0.15) is 0 Å². The smallest absolute Gasteiger partial charge is 0.341 e. The number of aryl methyl sites for hydroxylation is 1. The molecule has 50 heavy (non-hydrogen) atoms. The second kappa shape index (κ2) is 17.7. The average Bonchev–Trinajstić information content (AvgIpc) is 3.49. The Bertz CT molecular complexity index is 1870. The Kier molecular flexibility index (Phi) is 12.9. The number of esters is 1. The summed E-state index contributed by atoms with van der Waals surface area (Å²) in [6, 6.07) is 23.1. The zero-order valence-corrected chi connectivity index (χ0v) is 30.0. The number of para-hydroxylation sites is 1. The van der Waals surface area contributed by atoms with E-state index in [0.717, 1.165) is 41.0 Å². The molecule has 5 rings (SSSR count). The molecule has 1 aliphatic rings. The van der Waals surface area contributed by atoms with Crippen LogP contribution in [0, 0.1) is 0 Å². The summed E-state index contributed by atoms with van der Waals surface area (Å²) in [6.07, 6.45) is 5.86. The zero-order chi connectivity index (χ0) is 35.5. The van der Waals surface area contributed by atoms with E-state index in [1.807, 2.05) is 38.1 Å². The number of rotatable bonds is 14. The predicted octanol–water partition coefficient (Wildman–Crippen LogP) is 8.12. The second-order valence-electron chi connectivity index (χ2n) is 11.5. The van der Waals surface area contributed by atoms with Crippen LogP contribution in [0.25, 0.3) is 6.08 Å². The van der Waals surface area contributed by atoms with Crippen molar-refractivity contribution in [2.24, 2.45) is 0 Å². The summed E-state index contributed by atoms with van der Waals surface area (Å²) in [5.41, 5.74) is 3.04. The van der Waals surface area contributed by atoms with Gasteiger partial charge in [0.1, 0.15) is 16.4 Å². The maximum atomic E-state index is 13.7. The summed E-state index contributed by atoms with van der Waals surface area (Å²) < 4.78 is 11.1. The molecule has 1 unspecified atom stereocenters. The van der Waals surface area contributed by atoms with Crippen molar-refractivity contribution >= 4 is 63.6 Å². The zero-order valence-electron chi connectivity index (χ0n) is 28.4.